The van der Waals surface area contributed by atoms with Gasteiger partial charge in [-0.05, 0) is 25.7 Å². The minimum absolute atomic E-state index is 0.0387. The number of nitrogens with two attached hydrogens (primary N) is 1. The second-order valence-electron chi connectivity index (χ2n) is 4.32. The minimum atomic E-state index is -4.07. The lowest BCUT2D eigenvalue weighted by Gasteiger charge is -2.24. The van der Waals surface area contributed by atoms with Crippen molar-refractivity contribution in [3.63, 3.8) is 0 Å². The third kappa shape index (κ3) is 4.28. The molecule has 0 aromatic rings. The van der Waals surface area contributed by atoms with Crippen LogP contribution in [0.15, 0.2) is 0 Å². The zero-order chi connectivity index (χ0) is 10.8. The van der Waals surface area contributed by atoms with Gasteiger partial charge in [0.1, 0.15) is 0 Å². The van der Waals surface area contributed by atoms with E-state index in [1.807, 2.05) is 6.92 Å². The largest absolute Gasteiger partial charge is 0.390 e. The third-order valence-corrected chi connectivity index (χ3v) is 2.60. The molecule has 1 rings (SSSR count). The molecule has 0 spiro atoms. The highest BCUT2D eigenvalue weighted by Crippen LogP contribution is 2.37. The number of hydrogen-bond donors (Lipinski definition) is 2. The van der Waals surface area contributed by atoms with Gasteiger partial charge in [0.15, 0.2) is 0 Å². The van der Waals surface area contributed by atoms with Crippen molar-refractivity contribution in [1.82, 2.24) is 5.32 Å². The van der Waals surface area contributed by atoms with Crippen molar-refractivity contribution in [3.8, 4) is 0 Å². The van der Waals surface area contributed by atoms with E-state index in [1.54, 1.807) is 0 Å². The van der Waals surface area contributed by atoms with Crippen LogP contribution >= 0.6 is 0 Å². The molecule has 0 aliphatic heterocycles. The van der Waals surface area contributed by atoms with E-state index in [-0.39, 0.29) is 12.1 Å². The van der Waals surface area contributed by atoms with Crippen molar-refractivity contribution >= 4 is 0 Å². The maximum Gasteiger partial charge on any atom is 0.390 e. The second kappa shape index (κ2) is 4.06. The lowest BCUT2D eigenvalue weighted by molar-refractivity contribution is -0.133. The quantitative estimate of drug-likeness (QED) is 0.677. The lowest BCUT2D eigenvalue weighted by Crippen LogP contribution is -2.48. The number of halogens is 3. The van der Waals surface area contributed by atoms with E-state index in [9.17, 15) is 13.2 Å². The van der Waals surface area contributed by atoms with Crippen LogP contribution in [0.3, 0.4) is 0 Å². The molecule has 0 aromatic heterocycles. The summed E-state index contributed by atoms with van der Waals surface area (Å²) in [7, 11) is 0. The van der Waals surface area contributed by atoms with Crippen LogP contribution in [0.2, 0.25) is 0 Å². The van der Waals surface area contributed by atoms with Gasteiger partial charge in [-0.3, -0.25) is 0 Å². The average molecular weight is 210 g/mol. The molecule has 1 aliphatic carbocycles. The first-order valence-corrected chi connectivity index (χ1v) is 4.88. The highest BCUT2D eigenvalue weighted by Gasteiger charge is 2.38. The molecule has 1 atom stereocenters. The Kier molecular flexibility index (Phi) is 3.42. The number of nitrogens with one attached hydrogen (secondary N) is 1. The normalized spacial score (nSPS) is 22.1. The van der Waals surface area contributed by atoms with Gasteiger partial charge in [-0.15, -0.1) is 0 Å². The van der Waals surface area contributed by atoms with Gasteiger partial charge >= 0.3 is 6.18 Å². The van der Waals surface area contributed by atoms with Crippen molar-refractivity contribution in [1.29, 1.82) is 0 Å². The van der Waals surface area contributed by atoms with Crippen molar-refractivity contribution in [3.05, 3.63) is 0 Å². The predicted molar refractivity (Wildman–Crippen MR) is 48.9 cm³/mol. The summed E-state index contributed by atoms with van der Waals surface area (Å²) in [6.45, 7) is 2.32. The zero-order valence-corrected chi connectivity index (χ0v) is 8.32. The van der Waals surface area contributed by atoms with Gasteiger partial charge in [-0.1, -0.05) is 0 Å². The molecule has 0 heterocycles. The van der Waals surface area contributed by atoms with Crippen LogP contribution in [0.25, 0.3) is 0 Å². The SMILES string of the molecule is CC(N)(CNCCC(F)(F)F)C1CC1. The van der Waals surface area contributed by atoms with E-state index in [0.29, 0.717) is 12.5 Å². The maximum absolute atomic E-state index is 11.8. The first-order valence-electron chi connectivity index (χ1n) is 4.88. The second-order valence-corrected chi connectivity index (χ2v) is 4.32. The molecule has 0 saturated heterocycles. The Morgan fingerprint density at radius 1 is 1.36 bits per heavy atom. The Morgan fingerprint density at radius 3 is 2.36 bits per heavy atom. The van der Waals surface area contributed by atoms with E-state index in [2.05, 4.69) is 5.32 Å². The molecule has 5 heteroatoms. The van der Waals surface area contributed by atoms with Crippen molar-refractivity contribution in [2.45, 2.75) is 37.9 Å². The molecule has 0 amide bonds. The van der Waals surface area contributed by atoms with Crippen molar-refractivity contribution in [2.24, 2.45) is 11.7 Å². The Labute approximate surface area is 82.0 Å². The molecule has 3 N–H and O–H groups in total. The van der Waals surface area contributed by atoms with Crippen molar-refractivity contribution in [2.75, 3.05) is 13.1 Å². The molecule has 1 fully saturated rings. The van der Waals surface area contributed by atoms with E-state index in [1.165, 1.54) is 0 Å². The molecule has 14 heavy (non-hydrogen) atoms. The third-order valence-electron chi connectivity index (χ3n) is 2.60. The van der Waals surface area contributed by atoms with E-state index < -0.39 is 12.6 Å². The smallest absolute Gasteiger partial charge is 0.324 e. The highest BCUT2D eigenvalue weighted by molar-refractivity contribution is 4.96. The van der Waals surface area contributed by atoms with Gasteiger partial charge in [0.2, 0.25) is 0 Å². The van der Waals surface area contributed by atoms with Gasteiger partial charge in [-0.2, -0.15) is 13.2 Å². The summed E-state index contributed by atoms with van der Waals surface area (Å²) in [5.41, 5.74) is 5.59. The summed E-state index contributed by atoms with van der Waals surface area (Å²) in [5, 5.41) is 2.76. The highest BCUT2D eigenvalue weighted by atomic mass is 19.4. The number of alkyl halides is 3. The molecular weight excluding hydrogens is 193 g/mol. The van der Waals surface area contributed by atoms with Crippen LogP contribution in [-0.2, 0) is 0 Å². The van der Waals surface area contributed by atoms with Crippen LogP contribution < -0.4 is 11.1 Å². The number of rotatable bonds is 5. The Hall–Kier alpha value is -0.290. The van der Waals surface area contributed by atoms with Crippen molar-refractivity contribution < 1.29 is 13.2 Å². The predicted octanol–water partition coefficient (Wildman–Crippen LogP) is 1.66. The molecule has 1 saturated carbocycles. The topological polar surface area (TPSA) is 38.0 Å². The van der Waals surface area contributed by atoms with E-state index >= 15 is 0 Å². The van der Waals surface area contributed by atoms with Gasteiger partial charge in [-0.25, -0.2) is 0 Å². The maximum atomic E-state index is 11.8. The monoisotopic (exact) mass is 210 g/mol. The summed E-state index contributed by atoms with van der Waals surface area (Å²) >= 11 is 0. The average Bonchev–Trinajstić information content (AvgIpc) is 2.78. The lowest BCUT2D eigenvalue weighted by atomic mass is 9.97. The standard InChI is InChI=1S/C9H17F3N2/c1-8(13,7-2-3-7)6-14-5-4-9(10,11)12/h7,14H,2-6,13H2,1H3. The zero-order valence-electron chi connectivity index (χ0n) is 8.32. The fraction of sp³-hybridized carbons (Fsp3) is 1.00. The number of hydrogen-bond acceptors (Lipinski definition) is 2. The van der Waals surface area contributed by atoms with E-state index in [4.69, 9.17) is 5.73 Å². The van der Waals surface area contributed by atoms with Gasteiger partial charge in [0, 0.05) is 18.6 Å². The summed E-state index contributed by atoms with van der Waals surface area (Å²) in [4.78, 5) is 0. The summed E-state index contributed by atoms with van der Waals surface area (Å²) in [6.07, 6.45) is -2.65. The van der Waals surface area contributed by atoms with E-state index in [0.717, 1.165) is 12.8 Å². The fourth-order valence-corrected chi connectivity index (χ4v) is 1.47. The Balaban J connectivity index is 2.09. The molecule has 2 nitrogen and oxygen atoms in total. The molecule has 1 unspecified atom stereocenters. The van der Waals surface area contributed by atoms with Crippen LogP contribution in [0.4, 0.5) is 13.2 Å². The molecule has 0 bridgehead atoms. The molecular formula is C9H17F3N2. The van der Waals surface area contributed by atoms with Crippen LogP contribution in [0.5, 0.6) is 0 Å². The first kappa shape index (κ1) is 11.8. The molecule has 84 valence electrons. The summed E-state index contributed by atoms with van der Waals surface area (Å²) in [5.74, 6) is 0.487. The molecule has 0 radical (unpaired) electrons. The van der Waals surface area contributed by atoms with Crippen LogP contribution in [0, 0.1) is 5.92 Å². The van der Waals surface area contributed by atoms with Crippen LogP contribution in [-0.4, -0.2) is 24.8 Å². The first-order chi connectivity index (χ1) is 6.31. The summed E-state index contributed by atoms with van der Waals surface area (Å²) in [6, 6.07) is 0. The van der Waals surface area contributed by atoms with Crippen LogP contribution in [0.1, 0.15) is 26.2 Å². The van der Waals surface area contributed by atoms with Gasteiger partial charge in [0.05, 0.1) is 6.42 Å². The minimum Gasteiger partial charge on any atom is -0.324 e. The summed E-state index contributed by atoms with van der Waals surface area (Å²) < 4.78 is 35.3. The van der Waals surface area contributed by atoms with Gasteiger partial charge < -0.3 is 11.1 Å². The Bertz CT molecular complexity index is 185. The Morgan fingerprint density at radius 2 is 1.93 bits per heavy atom. The molecule has 0 aromatic carbocycles. The fourth-order valence-electron chi connectivity index (χ4n) is 1.47. The van der Waals surface area contributed by atoms with Gasteiger partial charge in [0.25, 0.3) is 0 Å². The molecule has 1 aliphatic rings.